The van der Waals surface area contributed by atoms with Crippen LogP contribution in [0.25, 0.3) is 0 Å². The molecule has 2 nitrogen and oxygen atoms in total. The van der Waals surface area contributed by atoms with Gasteiger partial charge in [0.15, 0.2) is 11.5 Å². The van der Waals surface area contributed by atoms with Crippen LogP contribution in [0.1, 0.15) is 5.56 Å². The highest BCUT2D eigenvalue weighted by Gasteiger charge is 2.33. The highest BCUT2D eigenvalue weighted by Crippen LogP contribution is 2.35. The molecule has 0 fully saturated rings. The van der Waals surface area contributed by atoms with Crippen molar-refractivity contribution in [2.75, 3.05) is 0 Å². The average Bonchev–Trinajstić information content (AvgIpc) is 2.06. The summed E-state index contributed by atoms with van der Waals surface area (Å²) in [5.41, 5.74) is 0.238. The van der Waals surface area contributed by atoms with Gasteiger partial charge in [0.2, 0.25) is 0 Å². The number of alkyl halides is 4. The van der Waals surface area contributed by atoms with Crippen LogP contribution in [0.5, 0.6) is 11.5 Å². The first-order valence-electron chi connectivity index (χ1n) is 3.56. The van der Waals surface area contributed by atoms with E-state index in [0.29, 0.717) is 0 Å². The number of ether oxygens (including phenoxy) is 1. The Morgan fingerprint density at radius 2 is 2.00 bits per heavy atom. The van der Waals surface area contributed by atoms with E-state index in [1.165, 1.54) is 12.1 Å². The summed E-state index contributed by atoms with van der Waals surface area (Å²) < 4.78 is 39.3. The topological polar surface area (TPSA) is 29.5 Å². The Labute approximate surface area is 86.4 Å². The SMILES string of the molecule is Oc1cccc(CBr)c1OC(F)(F)F. The molecule has 78 valence electrons. The molecule has 0 spiro atoms. The highest BCUT2D eigenvalue weighted by atomic mass is 79.9. The first kappa shape index (κ1) is 11.2. The van der Waals surface area contributed by atoms with Crippen molar-refractivity contribution in [1.82, 2.24) is 0 Å². The van der Waals surface area contributed by atoms with Crippen LogP contribution in [0.3, 0.4) is 0 Å². The first-order valence-corrected chi connectivity index (χ1v) is 4.69. The summed E-state index contributed by atoms with van der Waals surface area (Å²) in [6, 6.07) is 4.00. The van der Waals surface area contributed by atoms with Crippen LogP contribution in [0.2, 0.25) is 0 Å². The van der Waals surface area contributed by atoms with Crippen LogP contribution in [0.4, 0.5) is 13.2 Å². The number of phenols is 1. The number of aromatic hydroxyl groups is 1. The quantitative estimate of drug-likeness (QED) is 0.837. The molecule has 0 radical (unpaired) electrons. The zero-order valence-electron chi connectivity index (χ0n) is 6.81. The summed E-state index contributed by atoms with van der Waals surface area (Å²) in [6.07, 6.45) is -4.80. The van der Waals surface area contributed by atoms with Crippen molar-refractivity contribution in [1.29, 1.82) is 0 Å². The lowest BCUT2D eigenvalue weighted by Gasteiger charge is -2.12. The van der Waals surface area contributed by atoms with Crippen molar-refractivity contribution in [3.63, 3.8) is 0 Å². The number of halogens is 4. The van der Waals surface area contributed by atoms with Crippen molar-refractivity contribution in [2.45, 2.75) is 11.7 Å². The molecule has 0 aliphatic rings. The second-order valence-electron chi connectivity index (χ2n) is 2.45. The van der Waals surface area contributed by atoms with Crippen molar-refractivity contribution in [3.8, 4) is 11.5 Å². The van der Waals surface area contributed by atoms with Crippen LogP contribution in [-0.2, 0) is 5.33 Å². The predicted octanol–water partition coefficient (Wildman–Crippen LogP) is 3.19. The van der Waals surface area contributed by atoms with Crippen molar-refractivity contribution in [3.05, 3.63) is 23.8 Å². The van der Waals surface area contributed by atoms with Gasteiger partial charge >= 0.3 is 6.36 Å². The van der Waals surface area contributed by atoms with Gasteiger partial charge in [0.1, 0.15) is 0 Å². The van der Waals surface area contributed by atoms with E-state index in [2.05, 4.69) is 20.7 Å². The minimum Gasteiger partial charge on any atom is -0.504 e. The molecule has 0 atom stereocenters. The van der Waals surface area contributed by atoms with Gasteiger partial charge in [-0.25, -0.2) is 0 Å². The Kier molecular flexibility index (Phi) is 3.25. The molecule has 0 saturated carbocycles. The van der Waals surface area contributed by atoms with Gasteiger partial charge < -0.3 is 9.84 Å². The van der Waals surface area contributed by atoms with E-state index in [4.69, 9.17) is 5.11 Å². The zero-order valence-corrected chi connectivity index (χ0v) is 8.39. The number of rotatable bonds is 2. The number of phenolic OH excluding ortho intramolecular Hbond substituents is 1. The summed E-state index contributed by atoms with van der Waals surface area (Å²) in [4.78, 5) is 0. The number of para-hydroxylation sites is 1. The third-order valence-electron chi connectivity index (χ3n) is 1.44. The lowest BCUT2D eigenvalue weighted by molar-refractivity contribution is -0.275. The summed E-state index contributed by atoms with van der Waals surface area (Å²) >= 11 is 2.99. The Hall–Kier alpha value is -0.910. The molecule has 0 unspecified atom stereocenters. The fourth-order valence-corrected chi connectivity index (χ4v) is 1.35. The van der Waals surface area contributed by atoms with E-state index in [9.17, 15) is 13.2 Å². The third kappa shape index (κ3) is 2.80. The maximum atomic E-state index is 11.9. The van der Waals surface area contributed by atoms with E-state index in [0.717, 1.165) is 6.07 Å². The van der Waals surface area contributed by atoms with Gasteiger partial charge in [-0.05, 0) is 6.07 Å². The minimum absolute atomic E-state index is 0.173. The molecule has 1 aromatic carbocycles. The summed E-state index contributed by atoms with van der Waals surface area (Å²) in [7, 11) is 0. The highest BCUT2D eigenvalue weighted by molar-refractivity contribution is 9.08. The maximum Gasteiger partial charge on any atom is 0.573 e. The minimum atomic E-state index is -4.80. The van der Waals surface area contributed by atoms with Crippen LogP contribution in [0.15, 0.2) is 18.2 Å². The summed E-state index contributed by atoms with van der Waals surface area (Å²) in [5, 5.41) is 9.31. The lowest BCUT2D eigenvalue weighted by Crippen LogP contribution is -2.18. The number of hydrogen-bond acceptors (Lipinski definition) is 2. The third-order valence-corrected chi connectivity index (χ3v) is 2.04. The molecule has 1 aromatic rings. The van der Waals surface area contributed by atoms with Gasteiger partial charge in [0.05, 0.1) is 0 Å². The molecule has 1 N–H and O–H groups in total. The van der Waals surface area contributed by atoms with E-state index in [-0.39, 0.29) is 10.9 Å². The van der Waals surface area contributed by atoms with Gasteiger partial charge in [-0.3, -0.25) is 0 Å². The van der Waals surface area contributed by atoms with Crippen LogP contribution in [-0.4, -0.2) is 11.5 Å². The molecule has 0 aliphatic heterocycles. The van der Waals surface area contributed by atoms with Crippen LogP contribution < -0.4 is 4.74 Å². The van der Waals surface area contributed by atoms with Gasteiger partial charge in [-0.15, -0.1) is 13.2 Å². The molecule has 0 aliphatic carbocycles. The van der Waals surface area contributed by atoms with E-state index in [1.54, 1.807) is 0 Å². The monoisotopic (exact) mass is 270 g/mol. The lowest BCUT2D eigenvalue weighted by atomic mass is 10.2. The van der Waals surface area contributed by atoms with Gasteiger partial charge in [0.25, 0.3) is 0 Å². The molecule has 14 heavy (non-hydrogen) atoms. The summed E-state index contributed by atoms with van der Waals surface area (Å²) in [6.45, 7) is 0. The van der Waals surface area contributed by atoms with Crippen molar-refractivity contribution in [2.24, 2.45) is 0 Å². The standard InChI is InChI=1S/C8H6BrF3O2/c9-4-5-2-1-3-6(13)7(5)14-8(10,11)12/h1-3,13H,4H2. The number of benzene rings is 1. The van der Waals surface area contributed by atoms with Gasteiger partial charge in [-0.1, -0.05) is 28.1 Å². The Morgan fingerprint density at radius 3 is 2.50 bits per heavy atom. The van der Waals surface area contributed by atoms with Crippen LogP contribution >= 0.6 is 15.9 Å². The van der Waals surface area contributed by atoms with Crippen LogP contribution in [0, 0.1) is 0 Å². The normalized spacial score (nSPS) is 11.4. The average molecular weight is 271 g/mol. The molecule has 0 heterocycles. The fourth-order valence-electron chi connectivity index (χ4n) is 0.910. The Morgan fingerprint density at radius 1 is 1.36 bits per heavy atom. The molecule has 6 heteroatoms. The largest absolute Gasteiger partial charge is 0.573 e. The Balaban J connectivity index is 3.05. The van der Waals surface area contributed by atoms with E-state index in [1.807, 2.05) is 0 Å². The molecular formula is C8H6BrF3O2. The number of hydrogen-bond donors (Lipinski definition) is 1. The maximum absolute atomic E-state index is 11.9. The van der Waals surface area contributed by atoms with E-state index < -0.39 is 17.9 Å². The zero-order chi connectivity index (χ0) is 10.8. The molecule has 1 rings (SSSR count). The predicted molar refractivity (Wildman–Crippen MR) is 47.4 cm³/mol. The Bertz CT molecular complexity index is 325. The van der Waals surface area contributed by atoms with Gasteiger partial charge in [0, 0.05) is 10.9 Å². The van der Waals surface area contributed by atoms with E-state index >= 15 is 0 Å². The second-order valence-corrected chi connectivity index (χ2v) is 3.01. The smallest absolute Gasteiger partial charge is 0.504 e. The fraction of sp³-hybridized carbons (Fsp3) is 0.250. The molecular weight excluding hydrogens is 265 g/mol. The molecule has 0 bridgehead atoms. The first-order chi connectivity index (χ1) is 6.44. The molecule has 0 aromatic heterocycles. The molecule has 0 amide bonds. The second kappa shape index (κ2) is 4.08. The van der Waals surface area contributed by atoms with Crippen molar-refractivity contribution < 1.29 is 23.0 Å². The van der Waals surface area contributed by atoms with Crippen molar-refractivity contribution >= 4 is 15.9 Å². The molecule has 0 saturated heterocycles. The summed E-state index contributed by atoms with van der Waals surface area (Å²) in [5.74, 6) is -1.09. The van der Waals surface area contributed by atoms with Gasteiger partial charge in [-0.2, -0.15) is 0 Å².